The number of likely N-dealkylation sites (tertiary alicyclic amines) is 1. The lowest BCUT2D eigenvalue weighted by Crippen LogP contribution is -2.39. The molecule has 3 aromatic rings. The summed E-state index contributed by atoms with van der Waals surface area (Å²) in [4.78, 5) is 19.1. The predicted molar refractivity (Wildman–Crippen MR) is 111 cm³/mol. The smallest absolute Gasteiger partial charge is 0.334 e. The highest BCUT2D eigenvalue weighted by Gasteiger charge is 2.35. The number of nitrogens with zero attached hydrogens (tertiary/aromatic N) is 5. The zero-order valence-corrected chi connectivity index (χ0v) is 18.0. The van der Waals surface area contributed by atoms with Crippen molar-refractivity contribution >= 4 is 5.91 Å². The number of halogens is 3. The molecule has 0 spiro atoms. The van der Waals surface area contributed by atoms with Crippen LogP contribution >= 0.6 is 0 Å². The second-order valence-corrected chi connectivity index (χ2v) is 8.13. The van der Waals surface area contributed by atoms with Gasteiger partial charge >= 0.3 is 6.18 Å². The minimum Gasteiger partial charge on any atom is -0.334 e. The molecule has 1 N–H and O–H groups in total. The van der Waals surface area contributed by atoms with Gasteiger partial charge < -0.3 is 4.90 Å². The number of aromatic nitrogens is 5. The number of rotatable bonds is 5. The molecule has 0 unspecified atom stereocenters. The molecule has 0 radical (unpaired) electrons. The molecule has 1 saturated heterocycles. The van der Waals surface area contributed by atoms with Crippen LogP contribution in [0, 0.1) is 13.8 Å². The van der Waals surface area contributed by atoms with Crippen LogP contribution in [0.25, 0.3) is 11.1 Å². The minimum atomic E-state index is -4.50. The van der Waals surface area contributed by atoms with E-state index in [4.69, 9.17) is 0 Å². The number of alkyl halides is 3. The number of amides is 1. The second-order valence-electron chi connectivity index (χ2n) is 8.13. The molecule has 0 saturated carbocycles. The van der Waals surface area contributed by atoms with Gasteiger partial charge in [0.15, 0.2) is 5.69 Å². The van der Waals surface area contributed by atoms with Crippen LogP contribution in [0.15, 0.2) is 30.7 Å². The normalized spacial score (nSPS) is 17.0. The quantitative estimate of drug-likeness (QED) is 0.628. The third kappa shape index (κ3) is 4.39. The Balaban J connectivity index is 1.53. The average molecular weight is 446 g/mol. The molecule has 10 heteroatoms. The predicted octanol–water partition coefficient (Wildman–Crippen LogP) is 4.45. The van der Waals surface area contributed by atoms with E-state index in [1.807, 2.05) is 17.9 Å². The first-order chi connectivity index (χ1) is 15.3. The molecular formula is C22H25F3N6O. The number of nitrogens with one attached hydrogen (secondary N) is 1. The summed E-state index contributed by atoms with van der Waals surface area (Å²) in [6.45, 7) is 4.24. The standard InChI is InChI=1S/C22H25F3N6O/c1-14-12-26-8-6-16(14)17-13-27-28-21(17)18-5-3-4-9-30(18)20(32)7-10-31-15(2)11-19(29-31)22(23,24)25/h6,8,11-13,18H,3-5,7,9-10H2,1-2H3,(H,27,28)/t18-/m1/s1. The van der Waals surface area contributed by atoms with Gasteiger partial charge in [-0.2, -0.15) is 23.4 Å². The number of pyridine rings is 1. The SMILES string of the molecule is Cc1cnccc1-c1cn[nH]c1[C@H]1CCCCN1C(=O)CCn1nc(C(F)(F)F)cc1C. The van der Waals surface area contributed by atoms with Crippen molar-refractivity contribution in [2.45, 2.75) is 58.3 Å². The van der Waals surface area contributed by atoms with Crippen LogP contribution in [0.1, 0.15) is 54.4 Å². The maximum Gasteiger partial charge on any atom is 0.435 e. The Labute approximate surface area is 183 Å². The van der Waals surface area contributed by atoms with Gasteiger partial charge in [-0.3, -0.25) is 19.6 Å². The lowest BCUT2D eigenvalue weighted by atomic mass is 9.93. The lowest BCUT2D eigenvalue weighted by molar-refractivity contribution is -0.141. The summed E-state index contributed by atoms with van der Waals surface area (Å²) in [7, 11) is 0. The van der Waals surface area contributed by atoms with Gasteiger partial charge in [-0.15, -0.1) is 0 Å². The molecule has 1 aliphatic heterocycles. The molecule has 1 aliphatic rings. The third-order valence-corrected chi connectivity index (χ3v) is 5.94. The molecule has 7 nitrogen and oxygen atoms in total. The summed E-state index contributed by atoms with van der Waals surface area (Å²) >= 11 is 0. The highest BCUT2D eigenvalue weighted by atomic mass is 19.4. The Morgan fingerprint density at radius 2 is 2.03 bits per heavy atom. The maximum absolute atomic E-state index is 13.1. The largest absolute Gasteiger partial charge is 0.435 e. The van der Waals surface area contributed by atoms with E-state index in [2.05, 4.69) is 20.3 Å². The third-order valence-electron chi connectivity index (χ3n) is 5.94. The molecule has 1 amide bonds. The van der Waals surface area contributed by atoms with Gasteiger partial charge in [0.05, 0.1) is 17.9 Å². The lowest BCUT2D eigenvalue weighted by Gasteiger charge is -2.36. The topological polar surface area (TPSA) is 79.7 Å². The van der Waals surface area contributed by atoms with Crippen LogP contribution in [0.5, 0.6) is 0 Å². The molecule has 0 aliphatic carbocycles. The number of carbonyl (C=O) groups excluding carboxylic acids is 1. The summed E-state index contributed by atoms with van der Waals surface area (Å²) in [6.07, 6.45) is 3.52. The first-order valence-electron chi connectivity index (χ1n) is 10.6. The van der Waals surface area contributed by atoms with Crippen molar-refractivity contribution in [2.75, 3.05) is 6.54 Å². The van der Waals surface area contributed by atoms with Gasteiger partial charge in [0.1, 0.15) is 0 Å². The zero-order chi connectivity index (χ0) is 22.9. The fourth-order valence-electron chi connectivity index (χ4n) is 4.29. The minimum absolute atomic E-state index is 0.0775. The Morgan fingerprint density at radius 3 is 2.75 bits per heavy atom. The Kier molecular flexibility index (Phi) is 6.03. The fraction of sp³-hybridized carbons (Fsp3) is 0.455. The van der Waals surface area contributed by atoms with Gasteiger partial charge in [0.2, 0.25) is 5.91 Å². The second kappa shape index (κ2) is 8.76. The van der Waals surface area contributed by atoms with E-state index < -0.39 is 11.9 Å². The van der Waals surface area contributed by atoms with Crippen LogP contribution in [0.4, 0.5) is 13.2 Å². The van der Waals surface area contributed by atoms with Crippen molar-refractivity contribution < 1.29 is 18.0 Å². The van der Waals surface area contributed by atoms with E-state index in [-0.39, 0.29) is 24.9 Å². The Hall–Kier alpha value is -3.17. The van der Waals surface area contributed by atoms with Crippen LogP contribution in [-0.2, 0) is 17.5 Å². The molecule has 4 rings (SSSR count). The highest BCUT2D eigenvalue weighted by molar-refractivity contribution is 5.77. The van der Waals surface area contributed by atoms with Gasteiger partial charge in [-0.1, -0.05) is 0 Å². The molecular weight excluding hydrogens is 421 g/mol. The van der Waals surface area contributed by atoms with E-state index in [1.165, 1.54) is 4.68 Å². The molecule has 0 bridgehead atoms. The summed E-state index contributed by atoms with van der Waals surface area (Å²) in [5, 5.41) is 10.9. The summed E-state index contributed by atoms with van der Waals surface area (Å²) in [5.74, 6) is -0.106. The zero-order valence-electron chi connectivity index (χ0n) is 18.0. The van der Waals surface area contributed by atoms with Crippen LogP contribution in [0.3, 0.4) is 0 Å². The molecule has 170 valence electrons. The van der Waals surface area contributed by atoms with Gasteiger partial charge in [-0.25, -0.2) is 0 Å². The van der Waals surface area contributed by atoms with E-state index in [0.29, 0.717) is 12.2 Å². The van der Waals surface area contributed by atoms with Crippen molar-refractivity contribution in [3.8, 4) is 11.1 Å². The van der Waals surface area contributed by atoms with E-state index in [0.717, 1.165) is 47.7 Å². The number of H-pyrrole nitrogens is 1. The van der Waals surface area contributed by atoms with Crippen molar-refractivity contribution in [1.29, 1.82) is 0 Å². The van der Waals surface area contributed by atoms with Crippen LogP contribution < -0.4 is 0 Å². The molecule has 32 heavy (non-hydrogen) atoms. The molecule has 0 aromatic carbocycles. The van der Waals surface area contributed by atoms with Gasteiger partial charge in [0, 0.05) is 43.2 Å². The van der Waals surface area contributed by atoms with Crippen molar-refractivity contribution in [2.24, 2.45) is 0 Å². The summed E-state index contributed by atoms with van der Waals surface area (Å²) in [6, 6.07) is 2.77. The summed E-state index contributed by atoms with van der Waals surface area (Å²) in [5.41, 5.74) is 3.28. The Bertz CT molecular complexity index is 1100. The molecule has 1 atom stereocenters. The number of piperidine rings is 1. The monoisotopic (exact) mass is 446 g/mol. The Morgan fingerprint density at radius 1 is 1.22 bits per heavy atom. The first-order valence-corrected chi connectivity index (χ1v) is 10.6. The number of hydrogen-bond acceptors (Lipinski definition) is 4. The van der Waals surface area contributed by atoms with Gasteiger partial charge in [-0.05, 0) is 56.4 Å². The molecule has 3 aromatic heterocycles. The van der Waals surface area contributed by atoms with E-state index in [9.17, 15) is 18.0 Å². The maximum atomic E-state index is 13.1. The average Bonchev–Trinajstić information content (AvgIpc) is 3.39. The number of carbonyl (C=O) groups is 1. The fourth-order valence-corrected chi connectivity index (χ4v) is 4.29. The number of hydrogen-bond donors (Lipinski definition) is 1. The number of aromatic amines is 1. The highest BCUT2D eigenvalue weighted by Crippen LogP contribution is 2.37. The van der Waals surface area contributed by atoms with Crippen molar-refractivity contribution in [3.05, 3.63) is 53.4 Å². The molecule has 1 fully saturated rings. The van der Waals surface area contributed by atoms with Crippen LogP contribution in [-0.4, -0.2) is 42.3 Å². The van der Waals surface area contributed by atoms with E-state index in [1.54, 1.807) is 25.5 Å². The van der Waals surface area contributed by atoms with Crippen molar-refractivity contribution in [1.82, 2.24) is 29.9 Å². The van der Waals surface area contributed by atoms with Crippen molar-refractivity contribution in [3.63, 3.8) is 0 Å². The van der Waals surface area contributed by atoms with E-state index >= 15 is 0 Å². The van der Waals surface area contributed by atoms with Crippen LogP contribution in [0.2, 0.25) is 0 Å². The first kappa shape index (κ1) is 22.0. The number of aryl methyl sites for hydroxylation is 3. The summed E-state index contributed by atoms with van der Waals surface area (Å²) < 4.78 is 40.0. The van der Waals surface area contributed by atoms with Gasteiger partial charge in [0.25, 0.3) is 0 Å². The molecule has 4 heterocycles.